The predicted octanol–water partition coefficient (Wildman–Crippen LogP) is 3.40. The maximum absolute atomic E-state index is 13.3. The topological polar surface area (TPSA) is 79.8 Å². The van der Waals surface area contributed by atoms with Gasteiger partial charge in [0.05, 0.1) is 28.3 Å². The zero-order valence-corrected chi connectivity index (χ0v) is 20.0. The first-order chi connectivity index (χ1) is 15.3. The molecule has 0 atom stereocenters. The maximum atomic E-state index is 13.3. The average Bonchev–Trinajstić information content (AvgIpc) is 3.20. The molecule has 1 aliphatic heterocycles. The molecule has 0 aliphatic carbocycles. The standard InChI is InChI=1S/C22H24ClN3O4S2/c1-16-3-2-4-19-21(16)24-22(31-19)26(10-9-25-11-13-30-14-12-25)20(27)15-32(28,29)18-7-5-17(23)6-8-18/h2-8H,9-15H2,1H3. The summed E-state index contributed by atoms with van der Waals surface area (Å²) < 4.78 is 32.1. The lowest BCUT2D eigenvalue weighted by Crippen LogP contribution is -2.44. The highest BCUT2D eigenvalue weighted by molar-refractivity contribution is 7.92. The average molecular weight is 494 g/mol. The SMILES string of the molecule is Cc1cccc2sc(N(CCN3CCOCC3)C(=O)CS(=O)(=O)c3ccc(Cl)cc3)nc12. The van der Waals surface area contributed by atoms with E-state index in [9.17, 15) is 13.2 Å². The van der Waals surface area contributed by atoms with Gasteiger partial charge in [0.2, 0.25) is 5.91 Å². The fourth-order valence-electron chi connectivity index (χ4n) is 3.55. The van der Waals surface area contributed by atoms with Crippen molar-refractivity contribution in [2.75, 3.05) is 50.0 Å². The number of carbonyl (C=O) groups excluding carboxylic acids is 1. The number of anilines is 1. The van der Waals surface area contributed by atoms with Gasteiger partial charge in [0.25, 0.3) is 0 Å². The van der Waals surface area contributed by atoms with Gasteiger partial charge in [0, 0.05) is 31.2 Å². The van der Waals surface area contributed by atoms with Crippen LogP contribution in [-0.4, -0.2) is 69.4 Å². The number of amides is 1. The van der Waals surface area contributed by atoms with Gasteiger partial charge in [-0.2, -0.15) is 0 Å². The van der Waals surface area contributed by atoms with Gasteiger partial charge < -0.3 is 4.74 Å². The number of sulfone groups is 1. The van der Waals surface area contributed by atoms with Gasteiger partial charge in [-0.1, -0.05) is 35.1 Å². The van der Waals surface area contributed by atoms with Gasteiger partial charge in [-0.3, -0.25) is 14.6 Å². The van der Waals surface area contributed by atoms with E-state index in [0.717, 1.165) is 28.9 Å². The third kappa shape index (κ3) is 5.29. The molecule has 1 fully saturated rings. The number of carbonyl (C=O) groups is 1. The van der Waals surface area contributed by atoms with Gasteiger partial charge >= 0.3 is 0 Å². The predicted molar refractivity (Wildman–Crippen MR) is 127 cm³/mol. The summed E-state index contributed by atoms with van der Waals surface area (Å²) in [5.74, 6) is -1.13. The second kappa shape index (κ2) is 9.84. The molecule has 170 valence electrons. The molecular weight excluding hydrogens is 470 g/mol. The third-order valence-corrected chi connectivity index (χ3v) is 8.28. The van der Waals surface area contributed by atoms with E-state index < -0.39 is 21.5 Å². The van der Waals surface area contributed by atoms with Crippen LogP contribution in [-0.2, 0) is 19.4 Å². The number of ether oxygens (including phenoxy) is 1. The van der Waals surface area contributed by atoms with E-state index >= 15 is 0 Å². The Morgan fingerprint density at radius 1 is 1.19 bits per heavy atom. The minimum atomic E-state index is -3.82. The Labute approximate surface area is 196 Å². The molecule has 0 spiro atoms. The largest absolute Gasteiger partial charge is 0.379 e. The second-order valence-electron chi connectivity index (χ2n) is 7.63. The Bertz CT molecular complexity index is 1210. The van der Waals surface area contributed by atoms with Crippen molar-refractivity contribution in [2.45, 2.75) is 11.8 Å². The quantitative estimate of drug-likeness (QED) is 0.502. The molecule has 0 bridgehead atoms. The van der Waals surface area contributed by atoms with Gasteiger partial charge in [-0.25, -0.2) is 13.4 Å². The number of morpholine rings is 1. The normalized spacial score (nSPS) is 15.2. The number of aryl methyl sites for hydroxylation is 1. The zero-order valence-electron chi connectivity index (χ0n) is 17.7. The lowest BCUT2D eigenvalue weighted by atomic mass is 10.2. The summed E-state index contributed by atoms with van der Waals surface area (Å²) in [6.45, 7) is 5.81. The van der Waals surface area contributed by atoms with Crippen LogP contribution in [0, 0.1) is 6.92 Å². The first kappa shape index (κ1) is 23.1. The van der Waals surface area contributed by atoms with E-state index in [1.165, 1.54) is 40.5 Å². The van der Waals surface area contributed by atoms with E-state index in [0.29, 0.717) is 36.5 Å². The van der Waals surface area contributed by atoms with Crippen molar-refractivity contribution in [1.82, 2.24) is 9.88 Å². The lowest BCUT2D eigenvalue weighted by Gasteiger charge is -2.29. The van der Waals surface area contributed by atoms with Crippen molar-refractivity contribution < 1.29 is 17.9 Å². The van der Waals surface area contributed by atoms with Gasteiger partial charge in [-0.05, 0) is 42.8 Å². The van der Waals surface area contributed by atoms with Crippen molar-refractivity contribution in [3.8, 4) is 0 Å². The number of aromatic nitrogens is 1. The monoisotopic (exact) mass is 493 g/mol. The van der Waals surface area contributed by atoms with Crippen molar-refractivity contribution >= 4 is 54.0 Å². The van der Waals surface area contributed by atoms with Crippen LogP contribution in [0.25, 0.3) is 10.2 Å². The van der Waals surface area contributed by atoms with Crippen LogP contribution in [0.5, 0.6) is 0 Å². The Balaban J connectivity index is 1.60. The zero-order chi connectivity index (χ0) is 22.7. The van der Waals surface area contributed by atoms with E-state index in [1.807, 2.05) is 25.1 Å². The van der Waals surface area contributed by atoms with Crippen LogP contribution in [0.4, 0.5) is 5.13 Å². The highest BCUT2D eigenvalue weighted by Crippen LogP contribution is 2.31. The van der Waals surface area contributed by atoms with E-state index in [2.05, 4.69) is 9.88 Å². The number of halogens is 1. The second-order valence-corrected chi connectivity index (χ2v) is 11.1. The molecule has 1 amide bonds. The molecule has 32 heavy (non-hydrogen) atoms. The molecule has 7 nitrogen and oxygen atoms in total. The van der Waals surface area contributed by atoms with Gasteiger partial charge in [0.15, 0.2) is 15.0 Å². The number of fused-ring (bicyclic) bond motifs is 1. The summed E-state index contributed by atoms with van der Waals surface area (Å²) in [6.07, 6.45) is 0. The summed E-state index contributed by atoms with van der Waals surface area (Å²) >= 11 is 7.27. The lowest BCUT2D eigenvalue weighted by molar-refractivity contribution is -0.116. The first-order valence-corrected chi connectivity index (χ1v) is 13.1. The summed E-state index contributed by atoms with van der Waals surface area (Å²) in [5, 5.41) is 0.950. The molecule has 0 saturated carbocycles. The number of thiazole rings is 1. The molecular formula is C22H24ClN3O4S2. The van der Waals surface area contributed by atoms with Crippen molar-refractivity contribution in [3.63, 3.8) is 0 Å². The molecule has 1 aromatic heterocycles. The van der Waals surface area contributed by atoms with Crippen molar-refractivity contribution in [2.24, 2.45) is 0 Å². The molecule has 0 radical (unpaired) electrons. The number of hydrogen-bond donors (Lipinski definition) is 0. The summed E-state index contributed by atoms with van der Waals surface area (Å²) in [6, 6.07) is 11.7. The summed E-state index contributed by atoms with van der Waals surface area (Å²) in [4.78, 5) is 21.7. The number of rotatable bonds is 7. The highest BCUT2D eigenvalue weighted by atomic mass is 35.5. The third-order valence-electron chi connectivity index (χ3n) is 5.37. The van der Waals surface area contributed by atoms with E-state index in [1.54, 1.807) is 0 Å². The molecule has 2 aromatic carbocycles. The number of para-hydroxylation sites is 1. The van der Waals surface area contributed by atoms with Crippen LogP contribution in [0.2, 0.25) is 5.02 Å². The maximum Gasteiger partial charge on any atom is 0.244 e. The van der Waals surface area contributed by atoms with Crippen LogP contribution in [0.1, 0.15) is 5.56 Å². The van der Waals surface area contributed by atoms with Crippen LogP contribution in [0.3, 0.4) is 0 Å². The van der Waals surface area contributed by atoms with Crippen LogP contribution >= 0.6 is 22.9 Å². The Morgan fingerprint density at radius 3 is 2.59 bits per heavy atom. The first-order valence-electron chi connectivity index (χ1n) is 10.3. The highest BCUT2D eigenvalue weighted by Gasteiger charge is 2.27. The molecule has 1 saturated heterocycles. The van der Waals surface area contributed by atoms with Crippen molar-refractivity contribution in [1.29, 1.82) is 0 Å². The van der Waals surface area contributed by atoms with Crippen molar-refractivity contribution in [3.05, 3.63) is 53.1 Å². The molecule has 10 heteroatoms. The fraction of sp³-hybridized carbons (Fsp3) is 0.364. The van der Waals surface area contributed by atoms with Crippen LogP contribution < -0.4 is 4.90 Å². The van der Waals surface area contributed by atoms with Gasteiger partial charge in [-0.15, -0.1) is 0 Å². The van der Waals surface area contributed by atoms with E-state index in [-0.39, 0.29) is 4.90 Å². The minimum Gasteiger partial charge on any atom is -0.379 e. The fourth-order valence-corrected chi connectivity index (χ4v) is 5.96. The Morgan fingerprint density at radius 2 is 1.91 bits per heavy atom. The summed E-state index contributed by atoms with van der Waals surface area (Å²) in [7, 11) is -3.82. The summed E-state index contributed by atoms with van der Waals surface area (Å²) in [5.41, 5.74) is 1.84. The number of hydrogen-bond acceptors (Lipinski definition) is 7. The van der Waals surface area contributed by atoms with Crippen LogP contribution in [0.15, 0.2) is 47.4 Å². The smallest absolute Gasteiger partial charge is 0.244 e. The molecule has 3 aromatic rings. The molecule has 2 heterocycles. The number of nitrogens with zero attached hydrogens (tertiary/aromatic N) is 3. The minimum absolute atomic E-state index is 0.0727. The molecule has 1 aliphatic rings. The van der Waals surface area contributed by atoms with Gasteiger partial charge in [0.1, 0.15) is 5.75 Å². The number of benzene rings is 2. The molecule has 4 rings (SSSR count). The Kier molecular flexibility index (Phi) is 7.11. The van der Waals surface area contributed by atoms with E-state index in [4.69, 9.17) is 16.3 Å². The molecule has 0 unspecified atom stereocenters. The Hall–Kier alpha value is -2.04. The molecule has 0 N–H and O–H groups in total.